The van der Waals surface area contributed by atoms with Gasteiger partial charge in [-0.2, -0.15) is 0 Å². The third-order valence-corrected chi connectivity index (χ3v) is 2.64. The molecule has 1 atom stereocenters. The van der Waals surface area contributed by atoms with E-state index < -0.39 is 0 Å². The Balaban J connectivity index is 2.32. The summed E-state index contributed by atoms with van der Waals surface area (Å²) in [6.07, 6.45) is 2.06. The van der Waals surface area contributed by atoms with E-state index in [1.807, 2.05) is 30.5 Å². The van der Waals surface area contributed by atoms with Gasteiger partial charge >= 0.3 is 5.97 Å². The van der Waals surface area contributed by atoms with Gasteiger partial charge in [-0.05, 0) is 17.7 Å². The molecule has 1 aromatic carbocycles. The highest BCUT2D eigenvalue weighted by Gasteiger charge is 2.14. The molecule has 0 radical (unpaired) electrons. The number of methoxy groups -OCH3 is 1. The predicted molar refractivity (Wildman–Crippen MR) is 61.9 cm³/mol. The van der Waals surface area contributed by atoms with Crippen molar-refractivity contribution in [1.82, 2.24) is 4.98 Å². The molecule has 0 spiro atoms. The predicted octanol–water partition coefficient (Wildman–Crippen LogP) is 1.73. The van der Waals surface area contributed by atoms with E-state index in [0.29, 0.717) is 0 Å². The maximum absolute atomic E-state index is 11.2. The number of ether oxygens (including phenoxy) is 1. The quantitative estimate of drug-likeness (QED) is 0.771. The van der Waals surface area contributed by atoms with E-state index in [0.717, 1.165) is 16.5 Å². The lowest BCUT2D eigenvalue weighted by molar-refractivity contribution is -0.141. The molecule has 0 amide bonds. The highest BCUT2D eigenvalue weighted by molar-refractivity contribution is 5.84. The van der Waals surface area contributed by atoms with Crippen molar-refractivity contribution >= 4 is 16.9 Å². The van der Waals surface area contributed by atoms with Gasteiger partial charge in [0.25, 0.3) is 0 Å². The van der Waals surface area contributed by atoms with Crippen molar-refractivity contribution in [1.29, 1.82) is 0 Å². The summed E-state index contributed by atoms with van der Waals surface area (Å²) in [6, 6.07) is 7.47. The van der Waals surface area contributed by atoms with Crippen LogP contribution in [0.1, 0.15) is 18.0 Å². The number of H-pyrrole nitrogens is 1. The minimum Gasteiger partial charge on any atom is -0.469 e. The fourth-order valence-corrected chi connectivity index (χ4v) is 1.81. The lowest BCUT2D eigenvalue weighted by Gasteiger charge is -2.11. The van der Waals surface area contributed by atoms with E-state index in [9.17, 15) is 4.79 Å². The first kappa shape index (κ1) is 10.7. The van der Waals surface area contributed by atoms with E-state index in [2.05, 4.69) is 9.72 Å². The maximum atomic E-state index is 11.2. The second-order valence-corrected chi connectivity index (χ2v) is 3.67. The second-order valence-electron chi connectivity index (χ2n) is 3.67. The molecule has 1 aromatic heterocycles. The molecular weight excluding hydrogens is 204 g/mol. The van der Waals surface area contributed by atoms with Crippen LogP contribution in [0, 0.1) is 0 Å². The van der Waals surface area contributed by atoms with Gasteiger partial charge in [-0.25, -0.2) is 0 Å². The molecule has 0 fully saturated rings. The van der Waals surface area contributed by atoms with Crippen LogP contribution in [-0.2, 0) is 9.53 Å². The van der Waals surface area contributed by atoms with Crippen LogP contribution in [0.5, 0.6) is 0 Å². The highest BCUT2D eigenvalue weighted by atomic mass is 16.5. The summed E-state index contributed by atoms with van der Waals surface area (Å²) < 4.78 is 4.61. The zero-order chi connectivity index (χ0) is 11.5. The molecule has 84 valence electrons. The normalized spacial score (nSPS) is 12.6. The van der Waals surface area contributed by atoms with Crippen molar-refractivity contribution in [2.75, 3.05) is 7.11 Å². The number of carbonyl (C=O) groups is 1. The molecule has 0 aliphatic rings. The summed E-state index contributed by atoms with van der Waals surface area (Å²) in [5.41, 5.74) is 7.97. The third-order valence-electron chi connectivity index (χ3n) is 2.64. The zero-order valence-corrected chi connectivity index (χ0v) is 9.07. The fraction of sp³-hybridized carbons (Fsp3) is 0.250. The summed E-state index contributed by atoms with van der Waals surface area (Å²) in [6.45, 7) is 0. The van der Waals surface area contributed by atoms with Crippen LogP contribution in [0.15, 0.2) is 30.5 Å². The number of carbonyl (C=O) groups excluding carboxylic acids is 1. The van der Waals surface area contributed by atoms with Gasteiger partial charge in [0, 0.05) is 23.1 Å². The van der Waals surface area contributed by atoms with Gasteiger partial charge < -0.3 is 15.5 Å². The first-order valence-electron chi connectivity index (χ1n) is 5.11. The molecule has 0 bridgehead atoms. The number of rotatable bonds is 3. The molecule has 0 unspecified atom stereocenters. The Bertz CT molecular complexity index is 504. The van der Waals surface area contributed by atoms with Gasteiger partial charge in [0.1, 0.15) is 0 Å². The average molecular weight is 218 g/mol. The van der Waals surface area contributed by atoms with Crippen LogP contribution >= 0.6 is 0 Å². The van der Waals surface area contributed by atoms with Crippen molar-refractivity contribution in [2.24, 2.45) is 5.73 Å². The summed E-state index contributed by atoms with van der Waals surface area (Å²) in [5.74, 6) is -0.292. The number of benzene rings is 1. The summed E-state index contributed by atoms with van der Waals surface area (Å²) in [7, 11) is 1.37. The number of nitrogens with one attached hydrogen (secondary N) is 1. The van der Waals surface area contributed by atoms with Crippen LogP contribution in [0.25, 0.3) is 10.9 Å². The lowest BCUT2D eigenvalue weighted by Crippen LogP contribution is -2.16. The molecule has 0 saturated carbocycles. The van der Waals surface area contributed by atoms with Crippen LogP contribution in [-0.4, -0.2) is 18.1 Å². The number of aromatic nitrogens is 1. The zero-order valence-electron chi connectivity index (χ0n) is 9.07. The van der Waals surface area contributed by atoms with E-state index in [1.54, 1.807) is 0 Å². The first-order chi connectivity index (χ1) is 7.72. The van der Waals surface area contributed by atoms with Crippen molar-refractivity contribution < 1.29 is 9.53 Å². The van der Waals surface area contributed by atoms with Crippen LogP contribution < -0.4 is 5.73 Å². The summed E-state index contributed by atoms with van der Waals surface area (Å²) in [4.78, 5) is 14.3. The number of esters is 1. The Morgan fingerprint density at radius 3 is 3.06 bits per heavy atom. The standard InChI is InChI=1S/C12H14N2O2/c1-16-12(15)7-10(13)8-3-2-4-11-9(8)5-6-14-11/h2-6,10,14H,7,13H2,1H3/t10-/m1/s1. The first-order valence-corrected chi connectivity index (χ1v) is 5.11. The molecular formula is C12H14N2O2. The Morgan fingerprint density at radius 2 is 2.31 bits per heavy atom. The molecule has 3 N–H and O–H groups in total. The van der Waals surface area contributed by atoms with Gasteiger partial charge in [0.05, 0.1) is 13.5 Å². The largest absolute Gasteiger partial charge is 0.469 e. The molecule has 1 heterocycles. The van der Waals surface area contributed by atoms with Crippen molar-refractivity contribution in [3.63, 3.8) is 0 Å². The van der Waals surface area contributed by atoms with Gasteiger partial charge in [0.15, 0.2) is 0 Å². The van der Waals surface area contributed by atoms with E-state index in [4.69, 9.17) is 5.73 Å². The van der Waals surface area contributed by atoms with Gasteiger partial charge in [-0.15, -0.1) is 0 Å². The number of hydrogen-bond donors (Lipinski definition) is 2. The van der Waals surface area contributed by atoms with Gasteiger partial charge in [-0.1, -0.05) is 12.1 Å². The number of fused-ring (bicyclic) bond motifs is 1. The van der Waals surface area contributed by atoms with E-state index in [1.165, 1.54) is 7.11 Å². The third kappa shape index (κ3) is 1.92. The van der Waals surface area contributed by atoms with Crippen molar-refractivity contribution in [3.05, 3.63) is 36.0 Å². The molecule has 4 nitrogen and oxygen atoms in total. The average Bonchev–Trinajstić information content (AvgIpc) is 2.76. The van der Waals surface area contributed by atoms with Crippen LogP contribution in [0.4, 0.5) is 0 Å². The minimum atomic E-state index is -0.327. The second kappa shape index (κ2) is 4.37. The SMILES string of the molecule is COC(=O)C[C@@H](N)c1cccc2[nH]ccc12. The molecule has 4 heteroatoms. The van der Waals surface area contributed by atoms with Crippen molar-refractivity contribution in [3.8, 4) is 0 Å². The Morgan fingerprint density at radius 1 is 1.50 bits per heavy atom. The number of aromatic amines is 1. The number of nitrogens with two attached hydrogens (primary N) is 1. The minimum absolute atomic E-state index is 0.195. The topological polar surface area (TPSA) is 68.1 Å². The molecule has 0 aliphatic carbocycles. The molecule has 0 saturated heterocycles. The van der Waals surface area contributed by atoms with E-state index >= 15 is 0 Å². The maximum Gasteiger partial charge on any atom is 0.307 e. The molecule has 16 heavy (non-hydrogen) atoms. The molecule has 0 aliphatic heterocycles. The van der Waals surface area contributed by atoms with Gasteiger partial charge in [-0.3, -0.25) is 4.79 Å². The lowest BCUT2D eigenvalue weighted by atomic mass is 10.0. The fourth-order valence-electron chi connectivity index (χ4n) is 1.81. The smallest absolute Gasteiger partial charge is 0.307 e. The number of hydrogen-bond acceptors (Lipinski definition) is 3. The van der Waals surface area contributed by atoms with Crippen LogP contribution in [0.2, 0.25) is 0 Å². The summed E-state index contributed by atoms with van der Waals surface area (Å²) in [5, 5.41) is 1.05. The Kier molecular flexibility index (Phi) is 2.92. The van der Waals surface area contributed by atoms with Gasteiger partial charge in [0.2, 0.25) is 0 Å². The van der Waals surface area contributed by atoms with E-state index in [-0.39, 0.29) is 18.4 Å². The summed E-state index contributed by atoms with van der Waals surface area (Å²) >= 11 is 0. The Labute approximate surface area is 93.4 Å². The highest BCUT2D eigenvalue weighted by Crippen LogP contribution is 2.24. The molecule has 2 aromatic rings. The Hall–Kier alpha value is -1.81. The monoisotopic (exact) mass is 218 g/mol. The van der Waals surface area contributed by atoms with Crippen LogP contribution in [0.3, 0.4) is 0 Å². The molecule has 2 rings (SSSR count). The van der Waals surface area contributed by atoms with Crippen molar-refractivity contribution in [2.45, 2.75) is 12.5 Å².